The summed E-state index contributed by atoms with van der Waals surface area (Å²) in [5, 5.41) is 3.08. The molecular weight excluding hydrogens is 404 g/mol. The number of carbonyl (C=O) groups excluding carboxylic acids is 1. The van der Waals surface area contributed by atoms with Gasteiger partial charge in [0.15, 0.2) is 0 Å². The Kier molecular flexibility index (Phi) is 7.19. The third-order valence-electron chi connectivity index (χ3n) is 6.17. The second kappa shape index (κ2) is 10.0. The van der Waals surface area contributed by atoms with Crippen LogP contribution < -0.4 is 5.32 Å². The van der Waals surface area contributed by atoms with E-state index < -0.39 is 0 Å². The van der Waals surface area contributed by atoms with E-state index in [0.29, 0.717) is 12.6 Å². The van der Waals surface area contributed by atoms with Gasteiger partial charge in [-0.1, -0.05) is 17.7 Å². The molecule has 7 heteroatoms. The van der Waals surface area contributed by atoms with Crippen molar-refractivity contribution in [2.45, 2.75) is 44.8 Å². The highest BCUT2D eigenvalue weighted by Crippen LogP contribution is 2.27. The molecule has 0 unspecified atom stereocenters. The van der Waals surface area contributed by atoms with Crippen molar-refractivity contribution in [3.05, 3.63) is 51.4 Å². The van der Waals surface area contributed by atoms with Crippen LogP contribution in [0.3, 0.4) is 0 Å². The average molecular weight is 433 g/mol. The molecule has 1 amide bonds. The minimum Gasteiger partial charge on any atom is -0.352 e. The monoisotopic (exact) mass is 432 g/mol. The standard InChI is InChI=1S/C22H29ClN4OS/c23-21-4-3-20(29-21)16-26-10-7-19(8-11-26)27-12-5-18(6-13-27)22(28)25-15-17-2-1-9-24-14-17/h1-4,9,14,18-19H,5-8,10-13,15-16H2,(H,25,28). The highest BCUT2D eigenvalue weighted by atomic mass is 35.5. The van der Waals surface area contributed by atoms with Crippen LogP contribution in [0.1, 0.15) is 36.1 Å². The Morgan fingerprint density at radius 1 is 1.14 bits per heavy atom. The normalized spacial score (nSPS) is 20.0. The van der Waals surface area contributed by atoms with E-state index >= 15 is 0 Å². The Morgan fingerprint density at radius 2 is 1.93 bits per heavy atom. The Labute approximate surface area is 182 Å². The third-order valence-corrected chi connectivity index (χ3v) is 7.39. The van der Waals surface area contributed by atoms with Crippen LogP contribution >= 0.6 is 22.9 Å². The molecule has 4 heterocycles. The van der Waals surface area contributed by atoms with E-state index in [9.17, 15) is 4.79 Å². The molecule has 0 aliphatic carbocycles. The third kappa shape index (κ3) is 5.79. The molecular formula is C22H29ClN4OS. The van der Waals surface area contributed by atoms with Gasteiger partial charge in [0.05, 0.1) is 4.34 Å². The van der Waals surface area contributed by atoms with Crippen LogP contribution in [0.5, 0.6) is 0 Å². The highest BCUT2D eigenvalue weighted by Gasteiger charge is 2.30. The maximum atomic E-state index is 12.5. The van der Waals surface area contributed by atoms with Crippen molar-refractivity contribution in [3.8, 4) is 0 Å². The maximum absolute atomic E-state index is 12.5. The van der Waals surface area contributed by atoms with E-state index in [2.05, 4.69) is 26.2 Å². The molecule has 0 radical (unpaired) electrons. The fraction of sp³-hybridized carbons (Fsp3) is 0.545. The largest absolute Gasteiger partial charge is 0.352 e. The first-order chi connectivity index (χ1) is 14.2. The molecule has 2 aliphatic rings. The number of hydrogen-bond donors (Lipinski definition) is 1. The molecule has 5 nitrogen and oxygen atoms in total. The lowest BCUT2D eigenvalue weighted by atomic mass is 9.92. The summed E-state index contributed by atoms with van der Waals surface area (Å²) in [6, 6.07) is 8.70. The van der Waals surface area contributed by atoms with Crippen LogP contribution in [0.15, 0.2) is 36.7 Å². The van der Waals surface area contributed by atoms with Crippen LogP contribution in [0.2, 0.25) is 4.34 Å². The van der Waals surface area contributed by atoms with Crippen molar-refractivity contribution >= 4 is 28.8 Å². The van der Waals surface area contributed by atoms with Gasteiger partial charge in [-0.3, -0.25) is 14.7 Å². The van der Waals surface area contributed by atoms with Crippen molar-refractivity contribution in [1.82, 2.24) is 20.1 Å². The molecule has 4 rings (SSSR count). The highest BCUT2D eigenvalue weighted by molar-refractivity contribution is 7.16. The zero-order valence-corrected chi connectivity index (χ0v) is 18.3. The zero-order chi connectivity index (χ0) is 20.1. The van der Waals surface area contributed by atoms with Gasteiger partial charge >= 0.3 is 0 Å². The average Bonchev–Trinajstić information content (AvgIpc) is 3.18. The quantitative estimate of drug-likeness (QED) is 0.754. The summed E-state index contributed by atoms with van der Waals surface area (Å²) < 4.78 is 0.877. The number of pyridine rings is 1. The van der Waals surface area contributed by atoms with Crippen LogP contribution in [-0.4, -0.2) is 52.9 Å². The van der Waals surface area contributed by atoms with Gasteiger partial charge in [0, 0.05) is 55.4 Å². The van der Waals surface area contributed by atoms with Crippen molar-refractivity contribution < 1.29 is 4.79 Å². The molecule has 0 aromatic carbocycles. The van der Waals surface area contributed by atoms with Gasteiger partial charge in [-0.25, -0.2) is 0 Å². The molecule has 2 saturated heterocycles. The number of piperidine rings is 2. The van der Waals surface area contributed by atoms with Crippen molar-refractivity contribution in [3.63, 3.8) is 0 Å². The number of hydrogen-bond acceptors (Lipinski definition) is 5. The first kappa shape index (κ1) is 20.8. The summed E-state index contributed by atoms with van der Waals surface area (Å²) in [4.78, 5) is 23.1. The number of rotatable bonds is 6. The van der Waals surface area contributed by atoms with Gasteiger partial charge in [-0.05, 0) is 62.5 Å². The van der Waals surface area contributed by atoms with Gasteiger partial charge in [-0.2, -0.15) is 0 Å². The van der Waals surface area contributed by atoms with Crippen LogP contribution in [0.25, 0.3) is 0 Å². The lowest BCUT2D eigenvalue weighted by Crippen LogP contribution is -2.49. The van der Waals surface area contributed by atoms with E-state index in [-0.39, 0.29) is 11.8 Å². The SMILES string of the molecule is O=C(NCc1cccnc1)C1CCN(C2CCN(Cc3ccc(Cl)s3)CC2)CC1. The first-order valence-corrected chi connectivity index (χ1v) is 11.7. The van der Waals surface area contributed by atoms with Crippen molar-refractivity contribution in [1.29, 1.82) is 0 Å². The van der Waals surface area contributed by atoms with Crippen molar-refractivity contribution in [2.24, 2.45) is 5.92 Å². The fourth-order valence-corrected chi connectivity index (χ4v) is 5.59. The molecule has 1 N–H and O–H groups in total. The maximum Gasteiger partial charge on any atom is 0.223 e. The van der Waals surface area contributed by atoms with E-state index in [1.54, 1.807) is 17.5 Å². The van der Waals surface area contributed by atoms with Gasteiger partial charge in [0.2, 0.25) is 5.91 Å². The van der Waals surface area contributed by atoms with Crippen LogP contribution in [0, 0.1) is 5.92 Å². The van der Waals surface area contributed by atoms with Gasteiger partial charge in [0.25, 0.3) is 0 Å². The molecule has 2 aromatic heterocycles. The Morgan fingerprint density at radius 3 is 2.59 bits per heavy atom. The molecule has 0 atom stereocenters. The summed E-state index contributed by atoms with van der Waals surface area (Å²) in [7, 11) is 0. The molecule has 2 aliphatic heterocycles. The molecule has 0 saturated carbocycles. The topological polar surface area (TPSA) is 48.5 Å². The smallest absolute Gasteiger partial charge is 0.223 e. The summed E-state index contributed by atoms with van der Waals surface area (Å²) in [6.45, 7) is 5.95. The number of amides is 1. The lowest BCUT2D eigenvalue weighted by molar-refractivity contribution is -0.126. The van der Waals surface area contributed by atoms with Crippen molar-refractivity contribution in [2.75, 3.05) is 26.2 Å². The molecule has 0 spiro atoms. The number of nitrogens with one attached hydrogen (secondary N) is 1. The predicted octanol–water partition coefficient (Wildman–Crippen LogP) is 3.79. The van der Waals surface area contributed by atoms with Crippen LogP contribution in [-0.2, 0) is 17.9 Å². The summed E-state index contributed by atoms with van der Waals surface area (Å²) in [5.41, 5.74) is 1.05. The van der Waals surface area contributed by atoms with Gasteiger partial charge in [-0.15, -0.1) is 11.3 Å². The second-order valence-electron chi connectivity index (χ2n) is 8.10. The Balaban J connectivity index is 1.17. The summed E-state index contributed by atoms with van der Waals surface area (Å²) >= 11 is 7.74. The molecule has 29 heavy (non-hydrogen) atoms. The summed E-state index contributed by atoms with van der Waals surface area (Å²) in [5.74, 6) is 0.338. The number of nitrogens with zero attached hydrogens (tertiary/aromatic N) is 3. The Bertz CT molecular complexity index is 783. The molecule has 2 aromatic rings. The lowest BCUT2D eigenvalue weighted by Gasteiger charge is -2.41. The van der Waals surface area contributed by atoms with E-state index in [1.165, 1.54) is 17.7 Å². The molecule has 0 bridgehead atoms. The van der Waals surface area contributed by atoms with E-state index in [1.807, 2.05) is 24.4 Å². The number of likely N-dealkylation sites (tertiary alicyclic amines) is 2. The molecule has 156 valence electrons. The van der Waals surface area contributed by atoms with Crippen LogP contribution in [0.4, 0.5) is 0 Å². The van der Waals surface area contributed by atoms with Gasteiger partial charge < -0.3 is 10.2 Å². The second-order valence-corrected chi connectivity index (χ2v) is 9.90. The first-order valence-electron chi connectivity index (χ1n) is 10.5. The summed E-state index contributed by atoms with van der Waals surface area (Å²) in [6.07, 6.45) is 7.93. The fourth-order valence-electron chi connectivity index (χ4n) is 4.46. The predicted molar refractivity (Wildman–Crippen MR) is 118 cm³/mol. The number of aromatic nitrogens is 1. The number of thiophene rings is 1. The van der Waals surface area contributed by atoms with E-state index in [0.717, 1.165) is 55.5 Å². The molecule has 2 fully saturated rings. The van der Waals surface area contributed by atoms with E-state index in [4.69, 9.17) is 11.6 Å². The van der Waals surface area contributed by atoms with Gasteiger partial charge in [0.1, 0.15) is 0 Å². The minimum atomic E-state index is 0.145. The number of halogens is 1. The number of carbonyl (C=O) groups is 1. The Hall–Kier alpha value is -1.47. The zero-order valence-electron chi connectivity index (χ0n) is 16.7. The minimum absolute atomic E-state index is 0.145.